The van der Waals surface area contributed by atoms with Gasteiger partial charge in [0.1, 0.15) is 0 Å². The number of benzene rings is 1. The Morgan fingerprint density at radius 1 is 1.19 bits per heavy atom. The summed E-state index contributed by atoms with van der Waals surface area (Å²) in [5, 5.41) is 4.44. The van der Waals surface area contributed by atoms with Crippen molar-refractivity contribution in [3.63, 3.8) is 0 Å². The van der Waals surface area contributed by atoms with E-state index in [1.165, 1.54) is 33.2 Å². The summed E-state index contributed by atoms with van der Waals surface area (Å²) in [6.45, 7) is 5.94. The molecule has 0 radical (unpaired) electrons. The molecule has 0 saturated carbocycles. The van der Waals surface area contributed by atoms with Crippen LogP contribution in [0, 0.1) is 5.92 Å². The van der Waals surface area contributed by atoms with Crippen molar-refractivity contribution in [1.82, 2.24) is 10.6 Å². The van der Waals surface area contributed by atoms with Gasteiger partial charge in [-0.2, -0.15) is 0 Å². The Morgan fingerprint density at radius 3 is 2.41 bits per heavy atom. The molecule has 0 aliphatic heterocycles. The van der Waals surface area contributed by atoms with Gasteiger partial charge >= 0.3 is 12.0 Å². The van der Waals surface area contributed by atoms with Crippen LogP contribution in [0.15, 0.2) is 12.1 Å². The first kappa shape index (κ1) is 22.6. The monoisotopic (exact) mass is 400 g/mol. The van der Waals surface area contributed by atoms with Gasteiger partial charge in [0.25, 0.3) is 5.91 Å². The summed E-state index contributed by atoms with van der Waals surface area (Å²) in [4.78, 5) is 35.2. The maximum atomic E-state index is 12.3. The van der Waals surface area contributed by atoms with Crippen LogP contribution in [0.5, 0.6) is 11.5 Å². The second kappa shape index (κ2) is 10.6. The average molecular weight is 401 g/mol. The number of halogens is 1. The summed E-state index contributed by atoms with van der Waals surface area (Å²) < 4.78 is 16.0. The van der Waals surface area contributed by atoms with Crippen molar-refractivity contribution in [3.8, 4) is 11.5 Å². The van der Waals surface area contributed by atoms with Crippen LogP contribution in [0.4, 0.5) is 4.79 Å². The molecule has 0 bridgehead atoms. The lowest BCUT2D eigenvalue weighted by Gasteiger charge is -2.16. The molecule has 0 saturated heterocycles. The van der Waals surface area contributed by atoms with E-state index in [1.54, 1.807) is 0 Å². The Labute approximate surface area is 163 Å². The van der Waals surface area contributed by atoms with E-state index in [0.717, 1.165) is 6.42 Å². The minimum atomic E-state index is -1.18. The van der Waals surface area contributed by atoms with Crippen LogP contribution in [0.3, 0.4) is 0 Å². The molecule has 0 aliphatic rings. The molecule has 1 rings (SSSR count). The van der Waals surface area contributed by atoms with Crippen molar-refractivity contribution in [2.75, 3.05) is 20.8 Å². The first-order chi connectivity index (χ1) is 12.7. The lowest BCUT2D eigenvalue weighted by atomic mass is 10.1. The molecule has 1 aromatic carbocycles. The van der Waals surface area contributed by atoms with E-state index in [1.807, 2.05) is 5.32 Å². The van der Waals surface area contributed by atoms with E-state index in [-0.39, 0.29) is 16.3 Å². The highest BCUT2D eigenvalue weighted by Gasteiger charge is 2.22. The van der Waals surface area contributed by atoms with Gasteiger partial charge in [-0.25, -0.2) is 9.59 Å². The minimum absolute atomic E-state index is 0.0904. The SMILES string of the molecule is CNC(=O)NC(=O)[C@@H](C)OC(=O)c1cc(Cl)c(OCCC(C)C)c(OC)c1. The molecule has 3 amide bonds. The van der Waals surface area contributed by atoms with E-state index in [9.17, 15) is 14.4 Å². The van der Waals surface area contributed by atoms with Crippen LogP contribution in [0.1, 0.15) is 37.6 Å². The van der Waals surface area contributed by atoms with Crippen LogP contribution >= 0.6 is 11.6 Å². The van der Waals surface area contributed by atoms with E-state index in [2.05, 4.69) is 19.2 Å². The van der Waals surface area contributed by atoms with E-state index in [0.29, 0.717) is 18.3 Å². The predicted octanol–water partition coefficient (Wildman–Crippen LogP) is 2.77. The number of hydrogen-bond donors (Lipinski definition) is 2. The number of hydrogen-bond acceptors (Lipinski definition) is 6. The average Bonchev–Trinajstić information content (AvgIpc) is 2.61. The van der Waals surface area contributed by atoms with Crippen LogP contribution in [0.25, 0.3) is 0 Å². The first-order valence-corrected chi connectivity index (χ1v) is 8.81. The molecule has 0 unspecified atom stereocenters. The highest BCUT2D eigenvalue weighted by atomic mass is 35.5. The number of urea groups is 1. The number of amides is 3. The molecule has 27 heavy (non-hydrogen) atoms. The van der Waals surface area contributed by atoms with Gasteiger partial charge in [0, 0.05) is 7.05 Å². The molecule has 0 fully saturated rings. The number of esters is 1. The Kier molecular flexibility index (Phi) is 8.87. The highest BCUT2D eigenvalue weighted by Crippen LogP contribution is 2.37. The smallest absolute Gasteiger partial charge is 0.339 e. The summed E-state index contributed by atoms with van der Waals surface area (Å²) in [5.74, 6) is -0.466. The van der Waals surface area contributed by atoms with Crippen molar-refractivity contribution in [2.45, 2.75) is 33.3 Å². The first-order valence-electron chi connectivity index (χ1n) is 8.43. The van der Waals surface area contributed by atoms with Gasteiger partial charge in [0.05, 0.1) is 24.3 Å². The molecule has 0 aromatic heterocycles. The third-order valence-electron chi connectivity index (χ3n) is 3.52. The fourth-order valence-electron chi connectivity index (χ4n) is 1.93. The molecule has 0 spiro atoms. The number of imide groups is 1. The topological polar surface area (TPSA) is 103 Å². The Balaban J connectivity index is 2.87. The molecule has 1 atom stereocenters. The van der Waals surface area contributed by atoms with Crippen molar-refractivity contribution >= 4 is 29.5 Å². The molecule has 150 valence electrons. The molecule has 2 N–H and O–H groups in total. The van der Waals surface area contributed by atoms with Gasteiger partial charge < -0.3 is 19.5 Å². The number of carbonyl (C=O) groups is 3. The molecule has 8 nitrogen and oxygen atoms in total. The number of methoxy groups -OCH3 is 1. The van der Waals surface area contributed by atoms with Crippen molar-refractivity contribution in [1.29, 1.82) is 0 Å². The minimum Gasteiger partial charge on any atom is -0.493 e. The lowest BCUT2D eigenvalue weighted by Crippen LogP contribution is -2.43. The Bertz CT molecular complexity index is 693. The van der Waals surface area contributed by atoms with Gasteiger partial charge in [-0.15, -0.1) is 0 Å². The third-order valence-corrected chi connectivity index (χ3v) is 3.80. The van der Waals surface area contributed by atoms with E-state index in [4.69, 9.17) is 25.8 Å². The normalized spacial score (nSPS) is 11.5. The largest absolute Gasteiger partial charge is 0.493 e. The molecule has 0 aliphatic carbocycles. The maximum absolute atomic E-state index is 12.3. The zero-order valence-corrected chi connectivity index (χ0v) is 16.8. The summed E-state index contributed by atoms with van der Waals surface area (Å²) >= 11 is 6.21. The lowest BCUT2D eigenvalue weighted by molar-refractivity contribution is -0.127. The molecular weight excluding hydrogens is 376 g/mol. The predicted molar refractivity (Wildman–Crippen MR) is 100 cm³/mol. The third kappa shape index (κ3) is 6.97. The van der Waals surface area contributed by atoms with Crippen LogP contribution in [0.2, 0.25) is 5.02 Å². The summed E-state index contributed by atoms with van der Waals surface area (Å²) in [7, 11) is 2.79. The van der Waals surface area contributed by atoms with Gasteiger partial charge in [-0.3, -0.25) is 10.1 Å². The number of carbonyl (C=O) groups excluding carboxylic acids is 3. The Hall–Kier alpha value is -2.48. The van der Waals surface area contributed by atoms with E-state index >= 15 is 0 Å². The number of rotatable bonds is 8. The zero-order chi connectivity index (χ0) is 20.6. The number of ether oxygens (including phenoxy) is 3. The molecular formula is C18H25ClN2O6. The van der Waals surface area contributed by atoms with Crippen LogP contribution < -0.4 is 20.1 Å². The number of nitrogens with one attached hydrogen (secondary N) is 2. The van der Waals surface area contributed by atoms with Crippen molar-refractivity contribution in [2.24, 2.45) is 5.92 Å². The second-order valence-corrected chi connectivity index (χ2v) is 6.54. The maximum Gasteiger partial charge on any atom is 0.339 e. The second-order valence-electron chi connectivity index (χ2n) is 6.14. The zero-order valence-electron chi connectivity index (χ0n) is 16.1. The van der Waals surface area contributed by atoms with E-state index < -0.39 is 24.0 Å². The quantitative estimate of drug-likeness (QED) is 0.650. The van der Waals surface area contributed by atoms with Gasteiger partial charge in [0.15, 0.2) is 17.6 Å². The Morgan fingerprint density at radius 2 is 1.85 bits per heavy atom. The van der Waals surface area contributed by atoms with Gasteiger partial charge in [-0.1, -0.05) is 25.4 Å². The molecule has 9 heteroatoms. The van der Waals surface area contributed by atoms with Crippen molar-refractivity contribution in [3.05, 3.63) is 22.7 Å². The molecule has 0 heterocycles. The fourth-order valence-corrected chi connectivity index (χ4v) is 2.20. The summed E-state index contributed by atoms with van der Waals surface area (Å²) in [6.07, 6.45) is -0.345. The standard InChI is InChI=1S/C18H25ClN2O6/c1-10(2)6-7-26-15-13(19)8-12(9-14(15)25-5)17(23)27-11(3)16(22)21-18(24)20-4/h8-11H,6-7H2,1-5H3,(H2,20,21,22,24)/t11-/m1/s1. The van der Waals surface area contributed by atoms with Crippen LogP contribution in [-0.4, -0.2) is 44.8 Å². The fraction of sp³-hybridized carbons (Fsp3) is 0.500. The van der Waals surface area contributed by atoms with Crippen molar-refractivity contribution < 1.29 is 28.6 Å². The summed E-state index contributed by atoms with van der Waals surface area (Å²) in [5.41, 5.74) is 0.0904. The summed E-state index contributed by atoms with van der Waals surface area (Å²) in [6, 6.07) is 2.10. The molecule has 1 aromatic rings. The van der Waals surface area contributed by atoms with Crippen LogP contribution in [-0.2, 0) is 9.53 Å². The van der Waals surface area contributed by atoms with Gasteiger partial charge in [-0.05, 0) is 31.4 Å². The van der Waals surface area contributed by atoms with Gasteiger partial charge in [0.2, 0.25) is 0 Å². The highest BCUT2D eigenvalue weighted by molar-refractivity contribution is 6.32.